The van der Waals surface area contributed by atoms with Crippen molar-refractivity contribution in [3.8, 4) is 5.75 Å². The Morgan fingerprint density at radius 2 is 1.73 bits per heavy atom. The van der Waals surface area contributed by atoms with Gasteiger partial charge in [-0.2, -0.15) is 0 Å². The number of amides is 1. The van der Waals surface area contributed by atoms with Crippen molar-refractivity contribution in [2.75, 3.05) is 18.6 Å². The molecule has 4 rings (SSSR count). The van der Waals surface area contributed by atoms with E-state index in [0.29, 0.717) is 13.1 Å². The van der Waals surface area contributed by atoms with Crippen LogP contribution in [0.15, 0.2) is 84.0 Å². The highest BCUT2D eigenvalue weighted by molar-refractivity contribution is 7.99. The molecule has 1 N–H and O–H groups in total. The number of hydrogen-bond acceptors (Lipinski definition) is 4. The molecule has 0 unspecified atom stereocenters. The maximum absolute atomic E-state index is 13.3. The van der Waals surface area contributed by atoms with Crippen molar-refractivity contribution in [1.29, 1.82) is 0 Å². The zero-order valence-electron chi connectivity index (χ0n) is 16.5. The lowest BCUT2D eigenvalue weighted by molar-refractivity contribution is -0.694. The maximum atomic E-state index is 13.3. The lowest BCUT2D eigenvalue weighted by Gasteiger charge is -2.24. The first-order valence-electron chi connectivity index (χ1n) is 9.50. The monoisotopic (exact) mass is 486 g/mol. The molecular weight excluding hydrogens is 464 g/mol. The van der Waals surface area contributed by atoms with Crippen LogP contribution >= 0.6 is 11.8 Å². The van der Waals surface area contributed by atoms with Gasteiger partial charge in [0.2, 0.25) is 0 Å². The van der Waals surface area contributed by atoms with Gasteiger partial charge in [-0.15, -0.1) is 11.8 Å². The van der Waals surface area contributed by atoms with Crippen molar-refractivity contribution in [2.24, 2.45) is 0 Å². The van der Waals surface area contributed by atoms with Gasteiger partial charge in [0.05, 0.1) is 24.6 Å². The first-order chi connectivity index (χ1) is 14.2. The Morgan fingerprint density at radius 1 is 1.03 bits per heavy atom. The van der Waals surface area contributed by atoms with Gasteiger partial charge in [-0.25, -0.2) is 4.57 Å². The SMILES string of the molecule is COc1ccc([C@@H]2Sc3ccccc3N(CC[n+]3ccccc3)C(=O)[C@@H]2O)cc1.[Br-]. The first kappa shape index (κ1) is 22.3. The molecular formula is C23H23BrN2O3S. The summed E-state index contributed by atoms with van der Waals surface area (Å²) in [5, 5.41) is 10.6. The highest BCUT2D eigenvalue weighted by Gasteiger charge is 2.37. The first-order valence-corrected chi connectivity index (χ1v) is 10.4. The van der Waals surface area contributed by atoms with Crippen LogP contribution in [0.25, 0.3) is 0 Å². The maximum Gasteiger partial charge on any atom is 0.257 e. The summed E-state index contributed by atoms with van der Waals surface area (Å²) in [6.07, 6.45) is 2.81. The summed E-state index contributed by atoms with van der Waals surface area (Å²) < 4.78 is 7.26. The van der Waals surface area contributed by atoms with Crippen LogP contribution in [0.4, 0.5) is 5.69 Å². The molecule has 0 saturated heterocycles. The second-order valence-electron chi connectivity index (χ2n) is 6.83. The number of carbonyl (C=O) groups excluding carboxylic acids is 1. The molecule has 1 aromatic heterocycles. The van der Waals surface area contributed by atoms with Crippen molar-refractivity contribution < 1.29 is 36.2 Å². The number of aliphatic hydroxyl groups excluding tert-OH is 1. The zero-order valence-corrected chi connectivity index (χ0v) is 18.9. The van der Waals surface area contributed by atoms with Crippen molar-refractivity contribution in [3.63, 3.8) is 0 Å². The highest BCUT2D eigenvalue weighted by Crippen LogP contribution is 2.45. The van der Waals surface area contributed by atoms with Gasteiger partial charge in [0.15, 0.2) is 18.9 Å². The fraction of sp³-hybridized carbons (Fsp3) is 0.217. The van der Waals surface area contributed by atoms with Crippen LogP contribution in [0.1, 0.15) is 10.8 Å². The molecule has 30 heavy (non-hydrogen) atoms. The molecule has 0 radical (unpaired) electrons. The topological polar surface area (TPSA) is 53.7 Å². The largest absolute Gasteiger partial charge is 1.00 e. The number of halogens is 1. The molecule has 0 aliphatic carbocycles. The number of aliphatic hydroxyl groups is 1. The van der Waals surface area contributed by atoms with Gasteiger partial charge >= 0.3 is 0 Å². The van der Waals surface area contributed by atoms with E-state index in [-0.39, 0.29) is 28.1 Å². The Bertz CT molecular complexity index is 985. The summed E-state index contributed by atoms with van der Waals surface area (Å²) in [5.74, 6) is 0.468. The van der Waals surface area contributed by atoms with Crippen LogP contribution in [0.3, 0.4) is 0 Å². The highest BCUT2D eigenvalue weighted by atomic mass is 79.9. The molecule has 5 nitrogen and oxygen atoms in total. The Morgan fingerprint density at radius 3 is 2.43 bits per heavy atom. The number of carbonyl (C=O) groups is 1. The van der Waals surface area contributed by atoms with Crippen LogP contribution < -0.4 is 31.2 Å². The number of aromatic nitrogens is 1. The average molecular weight is 487 g/mol. The van der Waals surface area contributed by atoms with Crippen molar-refractivity contribution >= 4 is 23.4 Å². The lowest BCUT2D eigenvalue weighted by Crippen LogP contribution is -3.00. The van der Waals surface area contributed by atoms with E-state index in [1.165, 1.54) is 11.8 Å². The number of ether oxygens (including phenoxy) is 1. The number of hydrogen-bond donors (Lipinski definition) is 1. The number of nitrogens with zero attached hydrogens (tertiary/aromatic N) is 2. The van der Waals surface area contributed by atoms with Gasteiger partial charge in [-0.05, 0) is 29.8 Å². The Balaban J connectivity index is 0.00000256. The predicted octanol–water partition coefficient (Wildman–Crippen LogP) is 0.228. The fourth-order valence-electron chi connectivity index (χ4n) is 3.46. The minimum Gasteiger partial charge on any atom is -1.00 e. The van der Waals surface area contributed by atoms with E-state index in [0.717, 1.165) is 21.9 Å². The van der Waals surface area contributed by atoms with E-state index in [4.69, 9.17) is 4.74 Å². The summed E-state index contributed by atoms with van der Waals surface area (Å²) >= 11 is 1.52. The number of pyridine rings is 1. The predicted molar refractivity (Wildman–Crippen MR) is 113 cm³/mol. The molecule has 0 spiro atoms. The molecule has 3 aromatic rings. The average Bonchev–Trinajstić information content (AvgIpc) is 2.88. The van der Waals surface area contributed by atoms with Crippen LogP contribution in [0.5, 0.6) is 5.75 Å². The molecule has 1 amide bonds. The van der Waals surface area contributed by atoms with Gasteiger partial charge in [0.25, 0.3) is 5.91 Å². The standard InChI is InChI=1S/C23H23N2O3S.BrH/c1-28-18-11-9-17(10-12-18)22-21(26)23(27)25(16-15-24-13-5-2-6-14-24)19-7-3-4-8-20(19)29-22;/h2-14,21-22,26H,15-16H2,1H3;1H/q+1;/p-1/t21-,22+;/m1./s1. The molecule has 2 atom stereocenters. The third-order valence-electron chi connectivity index (χ3n) is 5.02. The van der Waals surface area contributed by atoms with E-state index in [1.54, 1.807) is 12.0 Å². The summed E-state index contributed by atoms with van der Waals surface area (Å²) in [6, 6.07) is 21.2. The van der Waals surface area contributed by atoms with Gasteiger partial charge < -0.3 is 31.7 Å². The molecule has 0 bridgehead atoms. The van der Waals surface area contributed by atoms with Gasteiger partial charge in [0, 0.05) is 17.0 Å². The molecule has 0 saturated carbocycles. The summed E-state index contributed by atoms with van der Waals surface area (Å²) in [5.41, 5.74) is 1.74. The second-order valence-corrected chi connectivity index (χ2v) is 8.01. The molecule has 0 fully saturated rings. The van der Waals surface area contributed by atoms with Gasteiger partial charge in [-0.3, -0.25) is 4.79 Å². The van der Waals surface area contributed by atoms with Gasteiger partial charge in [0.1, 0.15) is 11.9 Å². The number of fused-ring (bicyclic) bond motifs is 1. The summed E-state index contributed by atoms with van der Waals surface area (Å²) in [6.45, 7) is 1.13. The van der Waals surface area contributed by atoms with E-state index in [1.807, 2.05) is 83.7 Å². The van der Waals surface area contributed by atoms with E-state index < -0.39 is 6.10 Å². The van der Waals surface area contributed by atoms with Gasteiger partial charge in [-0.1, -0.05) is 30.3 Å². The minimum atomic E-state index is -1.14. The molecule has 7 heteroatoms. The number of benzene rings is 2. The van der Waals surface area contributed by atoms with Crippen LogP contribution in [0.2, 0.25) is 0 Å². The number of rotatable bonds is 5. The molecule has 156 valence electrons. The van der Waals surface area contributed by atoms with E-state index in [9.17, 15) is 9.90 Å². The van der Waals surface area contributed by atoms with Crippen molar-refractivity contribution in [2.45, 2.75) is 22.8 Å². The third kappa shape index (κ3) is 4.69. The summed E-state index contributed by atoms with van der Waals surface area (Å²) in [7, 11) is 1.62. The second kappa shape index (κ2) is 10.1. The third-order valence-corrected chi connectivity index (χ3v) is 6.40. The minimum absolute atomic E-state index is 0. The normalized spacial score (nSPS) is 18.2. The quantitative estimate of drug-likeness (QED) is 0.524. The van der Waals surface area contributed by atoms with Crippen LogP contribution in [-0.4, -0.2) is 30.8 Å². The zero-order chi connectivity index (χ0) is 20.2. The number of thioether (sulfide) groups is 1. The fourth-order valence-corrected chi connectivity index (χ4v) is 4.73. The Kier molecular flexibility index (Phi) is 7.53. The van der Waals surface area contributed by atoms with Crippen molar-refractivity contribution in [3.05, 3.63) is 84.7 Å². The van der Waals surface area contributed by atoms with Crippen LogP contribution in [0, 0.1) is 0 Å². The number of anilines is 1. The summed E-state index contributed by atoms with van der Waals surface area (Å²) in [4.78, 5) is 16.0. The molecule has 2 heterocycles. The lowest BCUT2D eigenvalue weighted by atomic mass is 10.1. The van der Waals surface area contributed by atoms with E-state index >= 15 is 0 Å². The van der Waals surface area contributed by atoms with Crippen molar-refractivity contribution in [1.82, 2.24) is 0 Å². The number of para-hydroxylation sites is 1. The Labute approximate surface area is 191 Å². The Hall–Kier alpha value is -2.35. The van der Waals surface area contributed by atoms with E-state index in [2.05, 4.69) is 0 Å². The number of methoxy groups -OCH3 is 1. The molecule has 2 aromatic carbocycles. The van der Waals surface area contributed by atoms with Crippen LogP contribution in [-0.2, 0) is 11.3 Å². The molecule has 1 aliphatic rings. The molecule has 1 aliphatic heterocycles. The smallest absolute Gasteiger partial charge is 0.257 e.